The van der Waals surface area contributed by atoms with Crippen molar-refractivity contribution in [2.45, 2.75) is 13.0 Å². The number of hydrogen-bond acceptors (Lipinski definition) is 3. The Morgan fingerprint density at radius 3 is 2.67 bits per heavy atom. The Balaban J connectivity index is 2.36. The van der Waals surface area contributed by atoms with Gasteiger partial charge in [0.05, 0.1) is 6.04 Å². The number of aryl methyl sites for hydroxylation is 1. The molecular formula is C11H12BrNS2. The molecule has 1 nitrogen and oxygen atoms in total. The molecule has 2 aromatic heterocycles. The molecule has 0 spiro atoms. The molecule has 1 atom stereocenters. The quantitative estimate of drug-likeness (QED) is 0.896. The summed E-state index contributed by atoms with van der Waals surface area (Å²) in [4.78, 5) is 2.70. The van der Waals surface area contributed by atoms with Crippen molar-refractivity contribution in [2.24, 2.45) is 0 Å². The lowest BCUT2D eigenvalue weighted by Gasteiger charge is -2.13. The number of nitrogens with one attached hydrogen (secondary N) is 1. The van der Waals surface area contributed by atoms with Gasteiger partial charge in [-0.05, 0) is 58.4 Å². The van der Waals surface area contributed by atoms with Crippen molar-refractivity contribution in [2.75, 3.05) is 7.05 Å². The minimum absolute atomic E-state index is 0.310. The van der Waals surface area contributed by atoms with Gasteiger partial charge in [-0.2, -0.15) is 0 Å². The van der Waals surface area contributed by atoms with Crippen molar-refractivity contribution in [1.82, 2.24) is 5.32 Å². The third-order valence-corrected chi connectivity index (χ3v) is 5.10. The molecule has 0 aliphatic carbocycles. The standard InChI is InChI=1S/C11H12BrNS2/c1-7-5-8(6-15-7)10(13-2)11-9(12)3-4-14-11/h3-6,10,13H,1-2H3. The van der Waals surface area contributed by atoms with Gasteiger partial charge in [-0.25, -0.2) is 0 Å². The highest BCUT2D eigenvalue weighted by atomic mass is 79.9. The summed E-state index contributed by atoms with van der Waals surface area (Å²) in [7, 11) is 2.00. The Hall–Kier alpha value is -0.160. The molecule has 0 saturated carbocycles. The summed E-state index contributed by atoms with van der Waals surface area (Å²) in [6.07, 6.45) is 0. The van der Waals surface area contributed by atoms with Crippen LogP contribution in [-0.2, 0) is 0 Å². The van der Waals surface area contributed by atoms with Crippen LogP contribution >= 0.6 is 38.6 Å². The van der Waals surface area contributed by atoms with Crippen LogP contribution in [0.5, 0.6) is 0 Å². The molecule has 80 valence electrons. The van der Waals surface area contributed by atoms with Crippen LogP contribution in [0.2, 0.25) is 0 Å². The van der Waals surface area contributed by atoms with E-state index in [0.717, 1.165) is 0 Å². The summed E-state index contributed by atoms with van der Waals surface area (Å²) in [5, 5.41) is 7.70. The van der Waals surface area contributed by atoms with Crippen LogP contribution < -0.4 is 5.32 Å². The SMILES string of the molecule is CNC(c1csc(C)c1)c1sccc1Br. The molecule has 15 heavy (non-hydrogen) atoms. The summed E-state index contributed by atoms with van der Waals surface area (Å²) in [5.41, 5.74) is 1.35. The summed E-state index contributed by atoms with van der Waals surface area (Å²) < 4.78 is 1.19. The second-order valence-electron chi connectivity index (χ2n) is 3.35. The first-order valence-corrected chi connectivity index (χ1v) is 7.22. The van der Waals surface area contributed by atoms with Crippen LogP contribution in [0.4, 0.5) is 0 Å². The molecule has 1 N–H and O–H groups in total. The van der Waals surface area contributed by atoms with Crippen LogP contribution in [0, 0.1) is 6.92 Å². The van der Waals surface area contributed by atoms with Crippen molar-refractivity contribution >= 4 is 38.6 Å². The van der Waals surface area contributed by atoms with Crippen LogP contribution in [0.1, 0.15) is 21.4 Å². The molecule has 0 fully saturated rings. The van der Waals surface area contributed by atoms with Gasteiger partial charge in [-0.3, -0.25) is 0 Å². The highest BCUT2D eigenvalue weighted by Crippen LogP contribution is 2.34. The largest absolute Gasteiger partial charge is 0.309 e. The number of halogens is 1. The minimum atomic E-state index is 0.310. The van der Waals surface area contributed by atoms with E-state index in [0.29, 0.717) is 6.04 Å². The molecule has 2 rings (SSSR count). The summed E-state index contributed by atoms with van der Waals surface area (Å²) >= 11 is 7.17. The Morgan fingerprint density at radius 1 is 1.40 bits per heavy atom. The molecule has 4 heteroatoms. The summed E-state index contributed by atoms with van der Waals surface area (Å²) in [6.45, 7) is 2.14. The molecule has 0 aliphatic rings. The van der Waals surface area contributed by atoms with Gasteiger partial charge >= 0.3 is 0 Å². The molecule has 0 bridgehead atoms. The molecular weight excluding hydrogens is 290 g/mol. The van der Waals surface area contributed by atoms with E-state index in [4.69, 9.17) is 0 Å². The van der Waals surface area contributed by atoms with E-state index in [9.17, 15) is 0 Å². The predicted octanol–water partition coefficient (Wildman–Crippen LogP) is 4.19. The Labute approximate surface area is 106 Å². The third kappa shape index (κ3) is 2.33. The zero-order chi connectivity index (χ0) is 10.8. The zero-order valence-electron chi connectivity index (χ0n) is 8.58. The van der Waals surface area contributed by atoms with Gasteiger partial charge in [-0.1, -0.05) is 0 Å². The Bertz CT molecular complexity index is 447. The average Bonchev–Trinajstić information content (AvgIpc) is 2.79. The molecule has 2 aromatic rings. The first-order valence-electron chi connectivity index (χ1n) is 4.67. The fourth-order valence-corrected chi connectivity index (χ4v) is 4.04. The lowest BCUT2D eigenvalue weighted by atomic mass is 10.1. The molecule has 0 aromatic carbocycles. The minimum Gasteiger partial charge on any atom is -0.309 e. The van der Waals surface area contributed by atoms with Crippen LogP contribution in [0.15, 0.2) is 27.4 Å². The fraction of sp³-hybridized carbons (Fsp3) is 0.273. The summed E-state index contributed by atoms with van der Waals surface area (Å²) in [6, 6.07) is 4.66. The van der Waals surface area contributed by atoms with Crippen LogP contribution in [-0.4, -0.2) is 7.05 Å². The predicted molar refractivity (Wildman–Crippen MR) is 72.0 cm³/mol. The lowest BCUT2D eigenvalue weighted by Crippen LogP contribution is -2.16. The maximum Gasteiger partial charge on any atom is 0.0688 e. The summed E-state index contributed by atoms with van der Waals surface area (Å²) in [5.74, 6) is 0. The molecule has 0 amide bonds. The highest BCUT2D eigenvalue weighted by molar-refractivity contribution is 9.10. The maximum absolute atomic E-state index is 3.59. The van der Waals surface area contributed by atoms with E-state index in [2.05, 4.69) is 51.1 Å². The normalized spacial score (nSPS) is 13.0. The molecule has 0 saturated heterocycles. The van der Waals surface area contributed by atoms with E-state index in [1.165, 1.54) is 19.8 Å². The highest BCUT2D eigenvalue weighted by Gasteiger charge is 2.16. The van der Waals surface area contributed by atoms with Gasteiger partial charge in [0.15, 0.2) is 0 Å². The second-order valence-corrected chi connectivity index (χ2v) is 6.26. The van der Waals surface area contributed by atoms with Crippen molar-refractivity contribution in [3.05, 3.63) is 42.7 Å². The van der Waals surface area contributed by atoms with Crippen LogP contribution in [0.25, 0.3) is 0 Å². The van der Waals surface area contributed by atoms with Crippen molar-refractivity contribution in [1.29, 1.82) is 0 Å². The first kappa shape index (κ1) is 11.3. The second kappa shape index (κ2) is 4.78. The molecule has 2 heterocycles. The zero-order valence-corrected chi connectivity index (χ0v) is 11.8. The van der Waals surface area contributed by atoms with Gasteiger partial charge in [-0.15, -0.1) is 22.7 Å². The smallest absolute Gasteiger partial charge is 0.0688 e. The van der Waals surface area contributed by atoms with E-state index >= 15 is 0 Å². The fourth-order valence-electron chi connectivity index (χ4n) is 1.58. The number of thiophene rings is 2. The first-order chi connectivity index (χ1) is 7.22. The maximum atomic E-state index is 3.59. The van der Waals surface area contributed by atoms with Crippen molar-refractivity contribution < 1.29 is 0 Å². The van der Waals surface area contributed by atoms with Gasteiger partial charge in [0, 0.05) is 14.2 Å². The molecule has 1 unspecified atom stereocenters. The Kier molecular flexibility index (Phi) is 3.61. The lowest BCUT2D eigenvalue weighted by molar-refractivity contribution is 0.704. The molecule has 0 aliphatic heterocycles. The van der Waals surface area contributed by atoms with Crippen molar-refractivity contribution in [3.8, 4) is 0 Å². The third-order valence-electron chi connectivity index (χ3n) is 2.28. The number of hydrogen-bond donors (Lipinski definition) is 1. The van der Waals surface area contributed by atoms with Gasteiger partial charge < -0.3 is 5.32 Å². The number of rotatable bonds is 3. The van der Waals surface area contributed by atoms with E-state index in [-0.39, 0.29) is 0 Å². The monoisotopic (exact) mass is 301 g/mol. The van der Waals surface area contributed by atoms with Gasteiger partial charge in [0.2, 0.25) is 0 Å². The average molecular weight is 302 g/mol. The van der Waals surface area contributed by atoms with Crippen molar-refractivity contribution in [3.63, 3.8) is 0 Å². The van der Waals surface area contributed by atoms with E-state index in [1.54, 1.807) is 22.7 Å². The topological polar surface area (TPSA) is 12.0 Å². The van der Waals surface area contributed by atoms with E-state index in [1.807, 2.05) is 7.05 Å². The van der Waals surface area contributed by atoms with E-state index < -0.39 is 0 Å². The molecule has 0 radical (unpaired) electrons. The Morgan fingerprint density at radius 2 is 2.20 bits per heavy atom. The van der Waals surface area contributed by atoms with Gasteiger partial charge in [0.1, 0.15) is 0 Å². The van der Waals surface area contributed by atoms with Gasteiger partial charge in [0.25, 0.3) is 0 Å². The van der Waals surface area contributed by atoms with Crippen LogP contribution in [0.3, 0.4) is 0 Å².